The van der Waals surface area contributed by atoms with Gasteiger partial charge < -0.3 is 4.74 Å². The number of unbranched alkanes of at least 4 members (excludes halogenated alkanes) is 10. The summed E-state index contributed by atoms with van der Waals surface area (Å²) in [4.78, 5) is 1.56. The van der Waals surface area contributed by atoms with E-state index in [0.29, 0.717) is 0 Å². The summed E-state index contributed by atoms with van der Waals surface area (Å²) in [6.45, 7) is 4.08. The third-order valence-corrected chi connectivity index (χ3v) is 5.08. The van der Waals surface area contributed by atoms with Crippen LogP contribution in [0.15, 0.2) is 17.5 Å². The SMILES string of the molecule is CCCOCCCCCCCCCCCCCc1cccs1. The first kappa shape index (κ1) is 19.7. The zero-order valence-corrected chi connectivity index (χ0v) is 15.5. The molecular weight excluding hydrogens is 288 g/mol. The molecule has 0 fully saturated rings. The average molecular weight is 325 g/mol. The summed E-state index contributed by atoms with van der Waals surface area (Å²) in [6, 6.07) is 4.43. The van der Waals surface area contributed by atoms with Crippen molar-refractivity contribution in [1.29, 1.82) is 0 Å². The standard InChI is InChI=1S/C20H36OS/c1-2-17-21-18-13-11-9-7-5-3-4-6-8-10-12-15-20-16-14-19-22-20/h14,16,19H,2-13,15,17-18H2,1H3. The van der Waals surface area contributed by atoms with Crippen molar-refractivity contribution in [2.24, 2.45) is 0 Å². The van der Waals surface area contributed by atoms with Crippen molar-refractivity contribution >= 4 is 11.3 Å². The lowest BCUT2D eigenvalue weighted by Crippen LogP contribution is -1.95. The maximum absolute atomic E-state index is 5.50. The normalized spacial score (nSPS) is 11.1. The van der Waals surface area contributed by atoms with Gasteiger partial charge in [0.2, 0.25) is 0 Å². The molecule has 1 aromatic heterocycles. The van der Waals surface area contributed by atoms with Gasteiger partial charge in [-0.2, -0.15) is 0 Å². The van der Waals surface area contributed by atoms with Crippen LogP contribution in [0.2, 0.25) is 0 Å². The van der Waals surface area contributed by atoms with Gasteiger partial charge in [0.1, 0.15) is 0 Å². The van der Waals surface area contributed by atoms with E-state index in [4.69, 9.17) is 4.74 Å². The molecule has 1 rings (SSSR count). The van der Waals surface area contributed by atoms with Gasteiger partial charge in [-0.05, 0) is 37.1 Å². The minimum absolute atomic E-state index is 0.938. The Morgan fingerprint density at radius 2 is 1.36 bits per heavy atom. The highest BCUT2D eigenvalue weighted by molar-refractivity contribution is 7.09. The van der Waals surface area contributed by atoms with Crippen molar-refractivity contribution in [3.05, 3.63) is 22.4 Å². The summed E-state index contributed by atoms with van der Waals surface area (Å²) in [5.74, 6) is 0. The molecule has 0 aromatic carbocycles. The first-order valence-electron chi connectivity index (χ1n) is 9.53. The molecule has 0 aliphatic rings. The van der Waals surface area contributed by atoms with Crippen LogP contribution in [-0.2, 0) is 11.2 Å². The van der Waals surface area contributed by atoms with Crippen molar-refractivity contribution in [1.82, 2.24) is 0 Å². The number of hydrogen-bond donors (Lipinski definition) is 0. The Labute approximate surface area is 142 Å². The highest BCUT2D eigenvalue weighted by Crippen LogP contribution is 2.15. The summed E-state index contributed by atoms with van der Waals surface area (Å²) >= 11 is 1.90. The number of rotatable bonds is 16. The highest BCUT2D eigenvalue weighted by atomic mass is 32.1. The molecule has 2 heteroatoms. The van der Waals surface area contributed by atoms with E-state index in [-0.39, 0.29) is 0 Å². The van der Waals surface area contributed by atoms with Crippen molar-refractivity contribution in [2.75, 3.05) is 13.2 Å². The van der Waals surface area contributed by atoms with E-state index in [2.05, 4.69) is 24.4 Å². The lowest BCUT2D eigenvalue weighted by Gasteiger charge is -2.04. The maximum Gasteiger partial charge on any atom is 0.0466 e. The quantitative estimate of drug-likeness (QED) is 0.297. The van der Waals surface area contributed by atoms with Gasteiger partial charge in [0.15, 0.2) is 0 Å². The van der Waals surface area contributed by atoms with Crippen LogP contribution >= 0.6 is 11.3 Å². The molecule has 1 nitrogen and oxygen atoms in total. The molecule has 0 N–H and O–H groups in total. The molecule has 0 bridgehead atoms. The van der Waals surface area contributed by atoms with Crippen LogP contribution < -0.4 is 0 Å². The van der Waals surface area contributed by atoms with Gasteiger partial charge in [0.25, 0.3) is 0 Å². The average Bonchev–Trinajstić information content (AvgIpc) is 3.04. The van der Waals surface area contributed by atoms with Crippen molar-refractivity contribution in [2.45, 2.75) is 90.4 Å². The van der Waals surface area contributed by atoms with E-state index >= 15 is 0 Å². The van der Waals surface area contributed by atoms with Gasteiger partial charge in [0, 0.05) is 18.1 Å². The van der Waals surface area contributed by atoms with Crippen molar-refractivity contribution in [3.63, 3.8) is 0 Å². The van der Waals surface area contributed by atoms with E-state index in [1.165, 1.54) is 77.0 Å². The minimum Gasteiger partial charge on any atom is -0.381 e. The van der Waals surface area contributed by atoms with Crippen LogP contribution in [0.4, 0.5) is 0 Å². The van der Waals surface area contributed by atoms with E-state index < -0.39 is 0 Å². The second kappa shape index (κ2) is 15.6. The minimum atomic E-state index is 0.938. The molecule has 0 aliphatic carbocycles. The number of thiophene rings is 1. The first-order valence-corrected chi connectivity index (χ1v) is 10.4. The zero-order chi connectivity index (χ0) is 15.7. The van der Waals surface area contributed by atoms with Crippen LogP contribution in [0, 0.1) is 0 Å². The fourth-order valence-corrected chi connectivity index (χ4v) is 3.55. The second-order valence-corrected chi connectivity index (χ2v) is 7.36. The van der Waals surface area contributed by atoms with Gasteiger partial charge in [-0.25, -0.2) is 0 Å². The van der Waals surface area contributed by atoms with Crippen LogP contribution in [0.1, 0.15) is 88.9 Å². The van der Waals surface area contributed by atoms with Crippen LogP contribution in [0.3, 0.4) is 0 Å². The molecule has 0 amide bonds. The number of aryl methyl sites for hydroxylation is 1. The number of ether oxygens (including phenoxy) is 1. The molecule has 22 heavy (non-hydrogen) atoms. The Balaban J connectivity index is 1.68. The Morgan fingerprint density at radius 1 is 0.773 bits per heavy atom. The summed E-state index contributed by atoms with van der Waals surface area (Å²) in [5, 5.41) is 2.19. The fraction of sp³-hybridized carbons (Fsp3) is 0.800. The predicted octanol–water partition coefficient (Wildman–Crippen LogP) is 7.01. The van der Waals surface area contributed by atoms with Crippen LogP contribution in [0.5, 0.6) is 0 Å². The second-order valence-electron chi connectivity index (χ2n) is 6.33. The summed E-state index contributed by atoms with van der Waals surface area (Å²) in [6.07, 6.45) is 17.8. The molecule has 0 aliphatic heterocycles. The summed E-state index contributed by atoms with van der Waals surface area (Å²) < 4.78 is 5.50. The molecular formula is C20H36OS. The van der Waals surface area contributed by atoms with E-state index in [9.17, 15) is 0 Å². The fourth-order valence-electron chi connectivity index (χ4n) is 2.80. The molecule has 0 saturated heterocycles. The van der Waals surface area contributed by atoms with Gasteiger partial charge >= 0.3 is 0 Å². The number of hydrogen-bond acceptors (Lipinski definition) is 2. The largest absolute Gasteiger partial charge is 0.381 e. The molecule has 0 saturated carbocycles. The van der Waals surface area contributed by atoms with Gasteiger partial charge in [-0.15, -0.1) is 11.3 Å². The Bertz CT molecular complexity index is 308. The smallest absolute Gasteiger partial charge is 0.0466 e. The summed E-state index contributed by atoms with van der Waals surface area (Å²) in [7, 11) is 0. The van der Waals surface area contributed by atoms with E-state index in [1.54, 1.807) is 4.88 Å². The Kier molecular flexibility index (Phi) is 13.9. The Hall–Kier alpha value is -0.340. The molecule has 0 atom stereocenters. The summed E-state index contributed by atoms with van der Waals surface area (Å²) in [5.41, 5.74) is 0. The van der Waals surface area contributed by atoms with Gasteiger partial charge in [0.05, 0.1) is 0 Å². The molecule has 128 valence electrons. The lowest BCUT2D eigenvalue weighted by atomic mass is 10.1. The van der Waals surface area contributed by atoms with Gasteiger partial charge in [-0.3, -0.25) is 0 Å². The maximum atomic E-state index is 5.50. The molecule has 0 unspecified atom stereocenters. The first-order chi connectivity index (χ1) is 10.9. The topological polar surface area (TPSA) is 9.23 Å². The molecule has 0 spiro atoms. The third kappa shape index (κ3) is 12.2. The Morgan fingerprint density at radius 3 is 1.91 bits per heavy atom. The van der Waals surface area contributed by atoms with Crippen molar-refractivity contribution < 1.29 is 4.74 Å². The van der Waals surface area contributed by atoms with Gasteiger partial charge in [-0.1, -0.05) is 70.8 Å². The van der Waals surface area contributed by atoms with E-state index in [1.807, 2.05) is 11.3 Å². The predicted molar refractivity (Wildman–Crippen MR) is 99.9 cm³/mol. The highest BCUT2D eigenvalue weighted by Gasteiger charge is 1.96. The molecule has 1 heterocycles. The molecule has 0 radical (unpaired) electrons. The van der Waals surface area contributed by atoms with Crippen molar-refractivity contribution in [3.8, 4) is 0 Å². The van der Waals surface area contributed by atoms with E-state index in [0.717, 1.165) is 19.6 Å². The zero-order valence-electron chi connectivity index (χ0n) is 14.7. The third-order valence-electron chi connectivity index (χ3n) is 4.14. The van der Waals surface area contributed by atoms with Crippen LogP contribution in [0.25, 0.3) is 0 Å². The lowest BCUT2D eigenvalue weighted by molar-refractivity contribution is 0.130. The van der Waals surface area contributed by atoms with Crippen LogP contribution in [-0.4, -0.2) is 13.2 Å². The monoisotopic (exact) mass is 324 g/mol. The molecule has 1 aromatic rings.